The van der Waals surface area contributed by atoms with Crippen molar-refractivity contribution in [2.75, 3.05) is 13.2 Å². The predicted molar refractivity (Wildman–Crippen MR) is 76.4 cm³/mol. The Labute approximate surface area is 119 Å². The van der Waals surface area contributed by atoms with Gasteiger partial charge in [0.05, 0.1) is 11.6 Å². The number of ether oxygens (including phenoxy) is 1. The van der Waals surface area contributed by atoms with Crippen molar-refractivity contribution in [2.45, 2.75) is 44.6 Å². The van der Waals surface area contributed by atoms with Gasteiger partial charge in [-0.15, -0.1) is 0 Å². The number of benzene rings is 1. The van der Waals surface area contributed by atoms with E-state index in [-0.39, 0.29) is 5.02 Å². The number of hydrogen-bond donors (Lipinski definition) is 1. The molecule has 1 fully saturated rings. The zero-order valence-electron chi connectivity index (χ0n) is 11.1. The zero-order chi connectivity index (χ0) is 13.5. The highest BCUT2D eigenvalue weighted by molar-refractivity contribution is 6.30. The summed E-state index contributed by atoms with van der Waals surface area (Å²) in [4.78, 5) is 0. The van der Waals surface area contributed by atoms with Gasteiger partial charge in [-0.2, -0.15) is 0 Å². The van der Waals surface area contributed by atoms with Crippen LogP contribution in [-0.4, -0.2) is 19.2 Å². The minimum atomic E-state index is -0.409. The summed E-state index contributed by atoms with van der Waals surface area (Å²) in [5, 5.41) is 3.67. The standard InChI is InChI=1S/C15H21ClFNO/c16-14-11-13(7-8-15(14)17)19-10-4-9-18-12-5-2-1-3-6-12/h7-8,11-12,18H,1-6,9-10H2. The zero-order valence-corrected chi connectivity index (χ0v) is 11.9. The Morgan fingerprint density at radius 2 is 2.05 bits per heavy atom. The fourth-order valence-electron chi connectivity index (χ4n) is 2.44. The summed E-state index contributed by atoms with van der Waals surface area (Å²) < 4.78 is 18.5. The van der Waals surface area contributed by atoms with E-state index in [0.29, 0.717) is 18.4 Å². The van der Waals surface area contributed by atoms with Crippen molar-refractivity contribution in [1.29, 1.82) is 0 Å². The molecule has 106 valence electrons. The van der Waals surface area contributed by atoms with Crippen LogP contribution in [0.5, 0.6) is 5.75 Å². The average Bonchev–Trinajstić information content (AvgIpc) is 2.43. The first-order valence-corrected chi connectivity index (χ1v) is 7.45. The summed E-state index contributed by atoms with van der Waals surface area (Å²) in [6.45, 7) is 1.60. The molecule has 0 heterocycles. The number of nitrogens with one attached hydrogen (secondary N) is 1. The Bertz CT molecular complexity index is 394. The van der Waals surface area contributed by atoms with Crippen LogP contribution in [-0.2, 0) is 0 Å². The minimum Gasteiger partial charge on any atom is -0.493 e. The van der Waals surface area contributed by atoms with E-state index in [0.717, 1.165) is 13.0 Å². The van der Waals surface area contributed by atoms with E-state index in [1.807, 2.05) is 0 Å². The molecule has 4 heteroatoms. The third-order valence-corrected chi connectivity index (χ3v) is 3.81. The van der Waals surface area contributed by atoms with E-state index in [9.17, 15) is 4.39 Å². The van der Waals surface area contributed by atoms with Crippen LogP contribution in [0.4, 0.5) is 4.39 Å². The summed E-state index contributed by atoms with van der Waals surface area (Å²) in [7, 11) is 0. The summed E-state index contributed by atoms with van der Waals surface area (Å²) in [5.74, 6) is 0.219. The molecule has 0 spiro atoms. The van der Waals surface area contributed by atoms with Gasteiger partial charge < -0.3 is 10.1 Å². The van der Waals surface area contributed by atoms with Gasteiger partial charge in [-0.05, 0) is 37.9 Å². The van der Waals surface area contributed by atoms with Gasteiger partial charge in [0.1, 0.15) is 11.6 Å². The fourth-order valence-corrected chi connectivity index (χ4v) is 2.61. The molecule has 0 amide bonds. The second kappa shape index (κ2) is 7.71. The molecule has 0 aromatic heterocycles. The van der Waals surface area contributed by atoms with Gasteiger partial charge in [-0.3, -0.25) is 0 Å². The van der Waals surface area contributed by atoms with Gasteiger partial charge in [-0.25, -0.2) is 4.39 Å². The predicted octanol–water partition coefficient (Wildman–Crippen LogP) is 4.17. The minimum absolute atomic E-state index is 0.109. The molecule has 1 aliphatic rings. The van der Waals surface area contributed by atoms with Gasteiger partial charge in [0.15, 0.2) is 0 Å². The van der Waals surface area contributed by atoms with E-state index in [1.165, 1.54) is 44.2 Å². The lowest BCUT2D eigenvalue weighted by Crippen LogP contribution is -2.32. The van der Waals surface area contributed by atoms with E-state index >= 15 is 0 Å². The van der Waals surface area contributed by atoms with Crippen LogP contribution in [0.3, 0.4) is 0 Å². The maximum atomic E-state index is 13.0. The Balaban J connectivity index is 1.59. The SMILES string of the molecule is Fc1ccc(OCCCNC2CCCCC2)cc1Cl. The third kappa shape index (κ3) is 5.00. The van der Waals surface area contributed by atoms with E-state index < -0.39 is 5.82 Å². The second-order valence-electron chi connectivity index (χ2n) is 5.07. The van der Waals surface area contributed by atoms with Crippen molar-refractivity contribution in [3.8, 4) is 5.75 Å². The molecule has 1 aromatic carbocycles. The molecule has 0 atom stereocenters. The molecule has 19 heavy (non-hydrogen) atoms. The lowest BCUT2D eigenvalue weighted by Gasteiger charge is -2.22. The first-order valence-electron chi connectivity index (χ1n) is 7.07. The molecule has 0 unspecified atom stereocenters. The van der Waals surface area contributed by atoms with Crippen molar-refractivity contribution in [1.82, 2.24) is 5.32 Å². The number of hydrogen-bond acceptors (Lipinski definition) is 2. The largest absolute Gasteiger partial charge is 0.493 e. The van der Waals surface area contributed by atoms with Crippen molar-refractivity contribution < 1.29 is 9.13 Å². The van der Waals surface area contributed by atoms with Gasteiger partial charge in [0.2, 0.25) is 0 Å². The lowest BCUT2D eigenvalue weighted by molar-refractivity contribution is 0.296. The summed E-state index contributed by atoms with van der Waals surface area (Å²) in [5.41, 5.74) is 0. The maximum absolute atomic E-state index is 13.0. The summed E-state index contributed by atoms with van der Waals surface area (Å²) in [6, 6.07) is 5.15. The first kappa shape index (κ1) is 14.6. The van der Waals surface area contributed by atoms with Crippen molar-refractivity contribution in [3.63, 3.8) is 0 Å². The number of rotatable bonds is 6. The molecule has 1 saturated carbocycles. The van der Waals surface area contributed by atoms with Crippen molar-refractivity contribution >= 4 is 11.6 Å². The molecule has 1 aromatic rings. The van der Waals surface area contributed by atoms with Crippen LogP contribution in [0.15, 0.2) is 18.2 Å². The molecular weight excluding hydrogens is 265 g/mol. The van der Waals surface area contributed by atoms with Crippen molar-refractivity contribution in [3.05, 3.63) is 29.0 Å². The molecule has 2 rings (SSSR count). The highest BCUT2D eigenvalue weighted by Gasteiger charge is 2.11. The third-order valence-electron chi connectivity index (χ3n) is 3.52. The summed E-state index contributed by atoms with van der Waals surface area (Å²) >= 11 is 5.69. The molecule has 1 aliphatic carbocycles. The summed E-state index contributed by atoms with van der Waals surface area (Å²) in [6.07, 6.45) is 7.63. The van der Waals surface area contributed by atoms with Crippen LogP contribution < -0.4 is 10.1 Å². The van der Waals surface area contributed by atoms with Crippen LogP contribution in [0.2, 0.25) is 5.02 Å². The molecule has 0 aliphatic heterocycles. The van der Waals surface area contributed by atoms with Gasteiger partial charge in [-0.1, -0.05) is 30.9 Å². The van der Waals surface area contributed by atoms with E-state index in [1.54, 1.807) is 6.07 Å². The highest BCUT2D eigenvalue weighted by Crippen LogP contribution is 2.21. The smallest absolute Gasteiger partial charge is 0.142 e. The normalized spacial score (nSPS) is 16.5. The maximum Gasteiger partial charge on any atom is 0.142 e. The molecule has 0 saturated heterocycles. The highest BCUT2D eigenvalue weighted by atomic mass is 35.5. The topological polar surface area (TPSA) is 21.3 Å². The average molecular weight is 286 g/mol. The van der Waals surface area contributed by atoms with Gasteiger partial charge in [0, 0.05) is 12.1 Å². The van der Waals surface area contributed by atoms with Crippen molar-refractivity contribution in [2.24, 2.45) is 0 Å². The van der Waals surface area contributed by atoms with E-state index in [4.69, 9.17) is 16.3 Å². The van der Waals surface area contributed by atoms with Crippen LogP contribution >= 0.6 is 11.6 Å². The first-order chi connectivity index (χ1) is 9.25. The quantitative estimate of drug-likeness (QED) is 0.792. The monoisotopic (exact) mass is 285 g/mol. The Kier molecular flexibility index (Phi) is 5.93. The fraction of sp³-hybridized carbons (Fsp3) is 0.600. The molecule has 1 N–H and O–H groups in total. The second-order valence-corrected chi connectivity index (χ2v) is 5.47. The Morgan fingerprint density at radius 1 is 1.26 bits per heavy atom. The van der Waals surface area contributed by atoms with Gasteiger partial charge in [0.25, 0.3) is 0 Å². The van der Waals surface area contributed by atoms with Crippen LogP contribution in [0, 0.1) is 5.82 Å². The molecule has 0 bridgehead atoms. The van der Waals surface area contributed by atoms with Crippen LogP contribution in [0.25, 0.3) is 0 Å². The Hall–Kier alpha value is -0.800. The molecule has 0 radical (unpaired) electrons. The number of halogens is 2. The van der Waals surface area contributed by atoms with Crippen LogP contribution in [0.1, 0.15) is 38.5 Å². The van der Waals surface area contributed by atoms with E-state index in [2.05, 4.69) is 5.32 Å². The molecule has 2 nitrogen and oxygen atoms in total. The molecular formula is C15H21ClFNO. The van der Waals surface area contributed by atoms with Gasteiger partial charge >= 0.3 is 0 Å². The lowest BCUT2D eigenvalue weighted by atomic mass is 9.95. The Morgan fingerprint density at radius 3 is 2.79 bits per heavy atom.